The molecule has 0 aromatic heterocycles. The van der Waals surface area contributed by atoms with E-state index in [1.54, 1.807) is 12.1 Å². The van der Waals surface area contributed by atoms with E-state index in [9.17, 15) is 22.7 Å². The van der Waals surface area contributed by atoms with Gasteiger partial charge in [0.1, 0.15) is 34.8 Å². The van der Waals surface area contributed by atoms with Crippen LogP contribution in [-0.2, 0) is 0 Å². The molecule has 6 aromatic carbocycles. The molecule has 4 nitrogen and oxygen atoms in total. The number of aromatic hydroxyl groups is 1. The Bertz CT molecular complexity index is 2430. The summed E-state index contributed by atoms with van der Waals surface area (Å²) in [5, 5.41) is 9.54. The van der Waals surface area contributed by atoms with E-state index < -0.39 is 31.6 Å². The highest BCUT2D eigenvalue weighted by molar-refractivity contribution is 6.74. The van der Waals surface area contributed by atoms with Crippen LogP contribution in [0, 0.1) is 23.3 Å². The van der Waals surface area contributed by atoms with E-state index in [0.29, 0.717) is 24.3 Å². The molecule has 2 heterocycles. The highest BCUT2D eigenvalue weighted by Crippen LogP contribution is 2.39. The lowest BCUT2D eigenvalue weighted by molar-refractivity contribution is 0.475. The number of hydrogen-bond acceptors (Lipinski definition) is 4. The van der Waals surface area contributed by atoms with Crippen molar-refractivity contribution >= 4 is 19.7 Å². The van der Waals surface area contributed by atoms with E-state index in [1.165, 1.54) is 36.4 Å². The minimum atomic E-state index is -1.86. The first-order valence-corrected chi connectivity index (χ1v) is 22.9. The first-order chi connectivity index (χ1) is 28.2. The molecule has 2 atom stereocenters. The van der Waals surface area contributed by atoms with Crippen LogP contribution in [0.5, 0.6) is 11.5 Å². The predicted molar refractivity (Wildman–Crippen MR) is 233 cm³/mol. The van der Waals surface area contributed by atoms with Crippen molar-refractivity contribution in [1.82, 2.24) is 0 Å². The third-order valence-electron chi connectivity index (χ3n) is 11.6. The van der Waals surface area contributed by atoms with Crippen LogP contribution >= 0.6 is 0 Å². The van der Waals surface area contributed by atoms with E-state index in [0.717, 1.165) is 52.0 Å². The standard InChI is InChI=1S/C28H31F2NOSi.C22H17F2NO/c1-28(2,3)33(4,5)32-22-15-13-20(14-16-22)19-9-11-21(12-10-19)25-17-18-26(31-25)27-23(29)7-6-8-24(27)30;23-18-2-1-3-19(24)22(18)21-13-12-20(25-21)16-6-4-14(5-7-16)15-8-10-17(26)11-9-15/h6-16,25H,17-18H2,1-5H3;1-11,20,26H,12-13H2/t25-;20-/m11/s1. The van der Waals surface area contributed by atoms with Crippen LogP contribution in [0.25, 0.3) is 22.3 Å². The molecule has 1 N–H and O–H groups in total. The number of nitrogens with zero attached hydrogens (tertiary/aromatic N) is 2. The zero-order valence-corrected chi connectivity index (χ0v) is 34.9. The SMILES string of the molecule is CC(C)(C)[Si](C)(C)Oc1ccc(-c2ccc([C@H]3CCC(c4c(F)cccc4F)=N3)cc2)cc1.Oc1ccc(-c2ccc([C@H]3CCC(c4c(F)cccc4F)=N3)cc2)cc1. The third-order valence-corrected chi connectivity index (χ3v) is 16.0. The van der Waals surface area contributed by atoms with Crippen molar-refractivity contribution in [1.29, 1.82) is 0 Å². The van der Waals surface area contributed by atoms with Gasteiger partial charge in [0.05, 0.1) is 23.2 Å². The molecule has 8 rings (SSSR count). The minimum Gasteiger partial charge on any atom is -0.544 e. The van der Waals surface area contributed by atoms with Crippen LogP contribution in [0.1, 0.15) is 80.8 Å². The monoisotopic (exact) mass is 812 g/mol. The molecule has 0 saturated carbocycles. The van der Waals surface area contributed by atoms with Gasteiger partial charge >= 0.3 is 0 Å². The summed E-state index contributed by atoms with van der Waals surface area (Å²) in [7, 11) is -1.86. The molecule has 0 spiro atoms. The molecule has 0 amide bonds. The quantitative estimate of drug-likeness (QED) is 0.123. The van der Waals surface area contributed by atoms with E-state index in [2.05, 4.69) is 80.2 Å². The summed E-state index contributed by atoms with van der Waals surface area (Å²) >= 11 is 0. The number of halogens is 4. The van der Waals surface area contributed by atoms with Crippen molar-refractivity contribution in [3.05, 3.63) is 179 Å². The lowest BCUT2D eigenvalue weighted by atomic mass is 9.99. The molecule has 59 heavy (non-hydrogen) atoms. The second kappa shape index (κ2) is 17.2. The number of aliphatic imine (C=N–C) groups is 2. The van der Waals surface area contributed by atoms with Gasteiger partial charge in [0.2, 0.25) is 8.32 Å². The molecule has 2 aliphatic heterocycles. The summed E-state index contributed by atoms with van der Waals surface area (Å²) in [5.41, 5.74) is 7.38. The summed E-state index contributed by atoms with van der Waals surface area (Å²) in [5.74, 6) is -1.08. The molecule has 302 valence electrons. The van der Waals surface area contributed by atoms with Crippen molar-refractivity contribution in [2.45, 2.75) is 76.7 Å². The highest BCUT2D eigenvalue weighted by atomic mass is 28.4. The second-order valence-electron chi connectivity index (χ2n) is 16.6. The van der Waals surface area contributed by atoms with E-state index in [-0.39, 0.29) is 34.0 Å². The Kier molecular flexibility index (Phi) is 12.1. The molecule has 2 aliphatic rings. The average Bonchev–Trinajstić information content (AvgIpc) is 3.90. The first kappa shape index (κ1) is 41.4. The smallest absolute Gasteiger partial charge is 0.250 e. The fraction of sp³-hybridized carbons (Fsp3) is 0.240. The van der Waals surface area contributed by atoms with Gasteiger partial charge in [0.25, 0.3) is 0 Å². The molecule has 0 aliphatic carbocycles. The minimum absolute atomic E-state index is 0.00397. The fourth-order valence-corrected chi connectivity index (χ4v) is 8.23. The van der Waals surface area contributed by atoms with Crippen LogP contribution < -0.4 is 4.43 Å². The maximum Gasteiger partial charge on any atom is 0.250 e. The number of hydrogen-bond donors (Lipinski definition) is 1. The number of benzene rings is 6. The highest BCUT2D eigenvalue weighted by Gasteiger charge is 2.39. The van der Waals surface area contributed by atoms with Crippen molar-refractivity contribution in [3.8, 4) is 33.8 Å². The topological polar surface area (TPSA) is 54.2 Å². The Hall–Kier alpha value is -5.80. The van der Waals surface area contributed by atoms with E-state index >= 15 is 0 Å². The van der Waals surface area contributed by atoms with Gasteiger partial charge in [-0.2, -0.15) is 0 Å². The van der Waals surface area contributed by atoms with Gasteiger partial charge in [-0.15, -0.1) is 0 Å². The molecular weight excluding hydrogens is 765 g/mol. The van der Waals surface area contributed by atoms with Crippen molar-refractivity contribution in [2.24, 2.45) is 9.98 Å². The van der Waals surface area contributed by atoms with Gasteiger partial charge in [-0.1, -0.05) is 106 Å². The van der Waals surface area contributed by atoms with Crippen LogP contribution in [-0.4, -0.2) is 24.8 Å². The largest absolute Gasteiger partial charge is 0.544 e. The average molecular weight is 813 g/mol. The summed E-state index contributed by atoms with van der Waals surface area (Å²) in [6, 6.07) is 39.2. The summed E-state index contributed by atoms with van der Waals surface area (Å²) in [6.45, 7) is 11.2. The summed E-state index contributed by atoms with van der Waals surface area (Å²) in [4.78, 5) is 9.21. The Labute approximate surface area is 345 Å². The van der Waals surface area contributed by atoms with Crippen molar-refractivity contribution < 1.29 is 27.1 Å². The number of phenolic OH excluding ortho intramolecular Hbond substituents is 1. The lowest BCUT2D eigenvalue weighted by Gasteiger charge is -2.36. The molecule has 6 aromatic rings. The molecule has 0 radical (unpaired) electrons. The van der Waals surface area contributed by atoms with Gasteiger partial charge in [0, 0.05) is 11.4 Å². The number of phenols is 1. The maximum absolute atomic E-state index is 14.1. The second-order valence-corrected chi connectivity index (χ2v) is 21.4. The normalized spacial score (nSPS) is 16.6. The number of rotatable bonds is 8. The zero-order valence-electron chi connectivity index (χ0n) is 33.9. The Morgan fingerprint density at radius 3 is 1.22 bits per heavy atom. The molecule has 0 saturated heterocycles. The van der Waals surface area contributed by atoms with Crippen molar-refractivity contribution in [2.75, 3.05) is 0 Å². The molecular formula is C50H48F4N2O2Si. The lowest BCUT2D eigenvalue weighted by Crippen LogP contribution is -2.43. The summed E-state index contributed by atoms with van der Waals surface area (Å²) < 4.78 is 62.5. The first-order valence-electron chi connectivity index (χ1n) is 20.0. The van der Waals surface area contributed by atoms with Crippen LogP contribution in [0.15, 0.2) is 143 Å². The zero-order chi connectivity index (χ0) is 41.9. The van der Waals surface area contributed by atoms with E-state index in [4.69, 9.17) is 4.43 Å². The van der Waals surface area contributed by atoms with E-state index in [1.807, 2.05) is 48.5 Å². The maximum atomic E-state index is 14.1. The Balaban J connectivity index is 0.000000184. The molecule has 0 bridgehead atoms. The van der Waals surface area contributed by atoms with Gasteiger partial charge in [0.15, 0.2) is 0 Å². The van der Waals surface area contributed by atoms with Crippen molar-refractivity contribution in [3.63, 3.8) is 0 Å². The summed E-state index contributed by atoms with van der Waals surface area (Å²) in [6.07, 6.45) is 2.62. The fourth-order valence-electron chi connectivity index (χ4n) is 7.20. The predicted octanol–water partition coefficient (Wildman–Crippen LogP) is 14.0. The van der Waals surface area contributed by atoms with Gasteiger partial charge < -0.3 is 9.53 Å². The third kappa shape index (κ3) is 9.41. The van der Waals surface area contributed by atoms with Gasteiger partial charge in [-0.3, -0.25) is 9.98 Å². The van der Waals surface area contributed by atoms with Crippen LogP contribution in [0.2, 0.25) is 18.1 Å². The Morgan fingerprint density at radius 1 is 0.525 bits per heavy atom. The molecule has 9 heteroatoms. The van der Waals surface area contributed by atoms with Gasteiger partial charge in [-0.05, 0) is 126 Å². The molecule has 0 fully saturated rings. The van der Waals surface area contributed by atoms with Crippen LogP contribution in [0.4, 0.5) is 17.6 Å². The molecule has 0 unspecified atom stereocenters. The van der Waals surface area contributed by atoms with Crippen LogP contribution in [0.3, 0.4) is 0 Å². The Morgan fingerprint density at radius 2 is 0.864 bits per heavy atom. The van der Waals surface area contributed by atoms with Gasteiger partial charge in [-0.25, -0.2) is 17.6 Å².